The molecule has 1 amide bonds. The summed E-state index contributed by atoms with van der Waals surface area (Å²) in [5.41, 5.74) is 0.667. The number of nitrogens with zero attached hydrogens (tertiary/aromatic N) is 3. The highest BCUT2D eigenvalue weighted by Crippen LogP contribution is 2.35. The van der Waals surface area contributed by atoms with Crippen LogP contribution in [0.4, 0.5) is 23.4 Å². The molecule has 1 aromatic carbocycles. The molecule has 174 valence electrons. The Balaban J connectivity index is 1.58. The van der Waals surface area contributed by atoms with E-state index in [4.69, 9.17) is 0 Å². The van der Waals surface area contributed by atoms with Gasteiger partial charge in [-0.2, -0.15) is 13.2 Å². The van der Waals surface area contributed by atoms with Crippen molar-refractivity contribution in [3.05, 3.63) is 47.5 Å². The van der Waals surface area contributed by atoms with Gasteiger partial charge in [0.05, 0.1) is 6.04 Å². The Hall–Kier alpha value is -2.56. The van der Waals surface area contributed by atoms with Crippen LogP contribution in [-0.2, 0) is 20.5 Å². The van der Waals surface area contributed by atoms with E-state index in [2.05, 4.69) is 15.6 Å². The first-order valence-electron chi connectivity index (χ1n) is 10.2. The second-order valence-corrected chi connectivity index (χ2v) is 11.0. The molecule has 0 spiro atoms. The zero-order valence-electron chi connectivity index (χ0n) is 17.2. The predicted octanol–water partition coefficient (Wildman–Crippen LogP) is 3.35. The Labute approximate surface area is 183 Å². The van der Waals surface area contributed by atoms with Gasteiger partial charge in [0, 0.05) is 43.1 Å². The highest BCUT2D eigenvalue weighted by molar-refractivity contribution is 8.00. The van der Waals surface area contributed by atoms with E-state index in [0.717, 1.165) is 6.07 Å². The lowest BCUT2D eigenvalue weighted by atomic mass is 9.96. The lowest BCUT2D eigenvalue weighted by Gasteiger charge is -2.43. The molecule has 0 bridgehead atoms. The van der Waals surface area contributed by atoms with Gasteiger partial charge in [-0.05, 0) is 45.9 Å². The third-order valence-corrected chi connectivity index (χ3v) is 8.00. The monoisotopic (exact) mass is 473 g/mol. The standard InChI is InChI=1S/C21H23F4N3O3S/c1-32(30)10-6-15(7-11-32)20(29)28-9-8-27(19-12-18(31-26-19)21(23,24)25)13-17(28)14-2-4-16(22)5-3-14/h2-5,12,15,17H,1,6-11,13H2. The van der Waals surface area contributed by atoms with Crippen LogP contribution in [-0.4, -0.2) is 57.2 Å². The largest absolute Gasteiger partial charge is 0.452 e. The highest BCUT2D eigenvalue weighted by atomic mass is 32.2. The molecule has 2 saturated heterocycles. The number of benzene rings is 1. The quantitative estimate of drug-likeness (QED) is 0.505. The van der Waals surface area contributed by atoms with E-state index < -0.39 is 33.3 Å². The lowest BCUT2D eigenvalue weighted by Crippen LogP contribution is -2.53. The molecule has 2 aromatic rings. The van der Waals surface area contributed by atoms with Crippen LogP contribution in [0.2, 0.25) is 0 Å². The normalized spacial score (nSPS) is 26.9. The minimum absolute atomic E-state index is 0.0333. The minimum atomic E-state index is -4.65. The summed E-state index contributed by atoms with van der Waals surface area (Å²) in [5, 5.41) is 3.55. The summed E-state index contributed by atoms with van der Waals surface area (Å²) in [6.07, 6.45) is -3.68. The third-order valence-electron chi connectivity index (χ3n) is 6.05. The van der Waals surface area contributed by atoms with Crippen molar-refractivity contribution in [2.45, 2.75) is 25.1 Å². The summed E-state index contributed by atoms with van der Waals surface area (Å²) >= 11 is 0. The number of anilines is 1. The van der Waals surface area contributed by atoms with Gasteiger partial charge < -0.3 is 14.3 Å². The van der Waals surface area contributed by atoms with Crippen LogP contribution in [0.5, 0.6) is 0 Å². The summed E-state index contributed by atoms with van der Waals surface area (Å²) in [6, 6.07) is 6.04. The van der Waals surface area contributed by atoms with E-state index in [1.165, 1.54) is 12.1 Å². The van der Waals surface area contributed by atoms with Crippen LogP contribution in [0.1, 0.15) is 30.2 Å². The second-order valence-electron chi connectivity index (χ2n) is 8.24. The summed E-state index contributed by atoms with van der Waals surface area (Å²) in [4.78, 5) is 16.6. The van der Waals surface area contributed by atoms with Crippen molar-refractivity contribution in [1.82, 2.24) is 10.1 Å². The second kappa shape index (κ2) is 8.42. The summed E-state index contributed by atoms with van der Waals surface area (Å²) < 4.78 is 68.8. The zero-order valence-corrected chi connectivity index (χ0v) is 18.0. The van der Waals surface area contributed by atoms with Crippen molar-refractivity contribution in [1.29, 1.82) is 0 Å². The molecular formula is C21H23F4N3O3S. The first kappa shape index (κ1) is 22.6. The van der Waals surface area contributed by atoms with Gasteiger partial charge in [-0.15, -0.1) is 0 Å². The Morgan fingerprint density at radius 3 is 2.41 bits per heavy atom. The van der Waals surface area contributed by atoms with Gasteiger partial charge >= 0.3 is 6.18 Å². The number of halogens is 4. The number of carbonyl (C=O) groups excluding carboxylic acids is 1. The molecule has 2 aliphatic heterocycles. The molecule has 11 heteroatoms. The molecule has 0 radical (unpaired) electrons. The topological polar surface area (TPSA) is 66.7 Å². The van der Waals surface area contributed by atoms with Crippen LogP contribution >= 0.6 is 0 Å². The van der Waals surface area contributed by atoms with Crippen molar-refractivity contribution in [3.8, 4) is 0 Å². The molecular weight excluding hydrogens is 450 g/mol. The number of hydrogen-bond acceptors (Lipinski definition) is 5. The molecule has 6 nitrogen and oxygen atoms in total. The first-order chi connectivity index (χ1) is 15.0. The fraction of sp³-hybridized carbons (Fsp3) is 0.476. The van der Waals surface area contributed by atoms with Crippen molar-refractivity contribution < 1.29 is 31.1 Å². The number of alkyl halides is 3. The van der Waals surface area contributed by atoms with E-state index in [0.29, 0.717) is 29.9 Å². The Bertz CT molecular complexity index is 1070. The van der Waals surface area contributed by atoms with Crippen molar-refractivity contribution in [3.63, 3.8) is 0 Å². The fourth-order valence-electron chi connectivity index (χ4n) is 4.22. The van der Waals surface area contributed by atoms with Gasteiger partial charge in [0.2, 0.25) is 11.7 Å². The molecule has 3 heterocycles. The summed E-state index contributed by atoms with van der Waals surface area (Å²) in [7, 11) is -2.14. The van der Waals surface area contributed by atoms with E-state index in [1.807, 2.05) is 0 Å². The van der Waals surface area contributed by atoms with E-state index >= 15 is 0 Å². The average Bonchev–Trinajstić information content (AvgIpc) is 3.24. The lowest BCUT2D eigenvalue weighted by molar-refractivity contribution is -0.155. The van der Waals surface area contributed by atoms with Crippen LogP contribution in [0, 0.1) is 11.7 Å². The van der Waals surface area contributed by atoms with Crippen LogP contribution in [0.3, 0.4) is 0 Å². The van der Waals surface area contributed by atoms with Crippen LogP contribution in [0.25, 0.3) is 0 Å². The van der Waals surface area contributed by atoms with Gasteiger partial charge in [-0.3, -0.25) is 9.00 Å². The number of amides is 1. The van der Waals surface area contributed by atoms with Crippen molar-refractivity contribution >= 4 is 27.1 Å². The number of piperazine rings is 1. The van der Waals surface area contributed by atoms with Crippen molar-refractivity contribution in [2.24, 2.45) is 5.92 Å². The van der Waals surface area contributed by atoms with Gasteiger partial charge in [0.25, 0.3) is 0 Å². The smallest absolute Gasteiger partial charge is 0.350 e. The van der Waals surface area contributed by atoms with Crippen LogP contribution in [0.15, 0.2) is 34.9 Å². The maximum absolute atomic E-state index is 13.5. The maximum Gasteiger partial charge on any atom is 0.452 e. The van der Waals surface area contributed by atoms with Gasteiger partial charge in [0.1, 0.15) is 5.82 Å². The fourth-order valence-corrected chi connectivity index (χ4v) is 5.85. The van der Waals surface area contributed by atoms with Gasteiger partial charge in [0.15, 0.2) is 5.82 Å². The SMILES string of the molecule is C=S1(=O)CCC(C(=O)N2CCN(c3cc(C(F)(F)F)on3)CC2c2ccc(F)cc2)CC1. The highest BCUT2D eigenvalue weighted by Gasteiger charge is 2.39. The maximum atomic E-state index is 13.5. The number of carbonyl (C=O) groups is 1. The van der Waals surface area contributed by atoms with Gasteiger partial charge in [-0.1, -0.05) is 17.3 Å². The van der Waals surface area contributed by atoms with E-state index in [-0.39, 0.29) is 37.3 Å². The molecule has 0 N–H and O–H groups in total. The number of aromatic nitrogens is 1. The van der Waals surface area contributed by atoms with Gasteiger partial charge in [-0.25, -0.2) is 4.39 Å². The van der Waals surface area contributed by atoms with E-state index in [9.17, 15) is 26.6 Å². The molecule has 1 unspecified atom stereocenters. The molecule has 1 aromatic heterocycles. The predicted molar refractivity (Wildman–Crippen MR) is 112 cm³/mol. The molecule has 0 aliphatic carbocycles. The Morgan fingerprint density at radius 2 is 1.81 bits per heavy atom. The molecule has 32 heavy (non-hydrogen) atoms. The third kappa shape index (κ3) is 4.77. The summed E-state index contributed by atoms with van der Waals surface area (Å²) in [6.45, 7) is 0.706. The molecule has 4 rings (SSSR count). The first-order valence-corrected chi connectivity index (χ1v) is 12.3. The summed E-state index contributed by atoms with van der Waals surface area (Å²) in [5.74, 6) is 2.55. The zero-order chi connectivity index (χ0) is 23.1. The average molecular weight is 473 g/mol. The molecule has 1 atom stereocenters. The minimum Gasteiger partial charge on any atom is -0.350 e. The number of rotatable bonds is 3. The Morgan fingerprint density at radius 1 is 1.16 bits per heavy atom. The molecule has 2 fully saturated rings. The van der Waals surface area contributed by atoms with Crippen LogP contribution < -0.4 is 4.90 Å². The van der Waals surface area contributed by atoms with Crippen molar-refractivity contribution in [2.75, 3.05) is 36.0 Å². The van der Waals surface area contributed by atoms with E-state index in [1.54, 1.807) is 21.9 Å². The Kier molecular flexibility index (Phi) is 5.95. The molecule has 2 aliphatic rings. The molecule has 0 saturated carbocycles. The number of hydrogen-bond donors (Lipinski definition) is 0.